The zero-order valence-corrected chi connectivity index (χ0v) is 36.9. The van der Waals surface area contributed by atoms with Gasteiger partial charge in [0.05, 0.1) is 0 Å². The van der Waals surface area contributed by atoms with Crippen molar-refractivity contribution in [3.05, 3.63) is 0 Å². The highest BCUT2D eigenvalue weighted by molar-refractivity contribution is 5.83. The number of hydrogen-bond donors (Lipinski definition) is 1. The lowest BCUT2D eigenvalue weighted by molar-refractivity contribution is -0.172. The van der Waals surface area contributed by atoms with Crippen LogP contribution in [0.1, 0.15) is 234 Å². The summed E-state index contributed by atoms with van der Waals surface area (Å²) in [5.74, 6) is -2.93. The van der Waals surface area contributed by atoms with E-state index < -0.39 is 54.1 Å². The van der Waals surface area contributed by atoms with Crippen molar-refractivity contribution in [2.45, 2.75) is 259 Å². The molecule has 0 heterocycles. The van der Waals surface area contributed by atoms with Gasteiger partial charge in [-0.05, 0) is 25.7 Å². The summed E-state index contributed by atoms with van der Waals surface area (Å²) in [5.41, 5.74) is 0. The van der Waals surface area contributed by atoms with E-state index in [1.165, 1.54) is 156 Å². The number of ether oxygens (including phenoxy) is 4. The second-order valence-electron chi connectivity index (χ2n) is 16.0. The van der Waals surface area contributed by atoms with Crippen LogP contribution in [0.5, 0.6) is 0 Å². The molecule has 4 atom stereocenters. The molecule has 56 heavy (non-hydrogen) atoms. The predicted octanol–water partition coefficient (Wildman–Crippen LogP) is 11.6. The Morgan fingerprint density at radius 3 is 1.09 bits per heavy atom. The largest absolute Gasteiger partial charge is 0.464 e. The van der Waals surface area contributed by atoms with E-state index in [0.717, 1.165) is 44.9 Å². The van der Waals surface area contributed by atoms with Crippen molar-refractivity contribution in [3.8, 4) is 0 Å². The van der Waals surface area contributed by atoms with Crippen LogP contribution in [-0.2, 0) is 42.9 Å². The van der Waals surface area contributed by atoms with Crippen molar-refractivity contribution in [2.24, 2.45) is 0 Å². The lowest BCUT2D eigenvalue weighted by atomic mass is 9.98. The van der Waals surface area contributed by atoms with Crippen molar-refractivity contribution in [1.82, 2.24) is 5.32 Å². The van der Waals surface area contributed by atoms with E-state index in [2.05, 4.69) is 19.2 Å². The van der Waals surface area contributed by atoms with E-state index in [9.17, 15) is 24.0 Å². The third kappa shape index (κ3) is 33.5. The number of nitrogens with one attached hydrogen (secondary N) is 1. The summed E-state index contributed by atoms with van der Waals surface area (Å²) in [6, 6.07) is -1.04. The first kappa shape index (κ1) is 53.4. The molecule has 10 heteroatoms. The van der Waals surface area contributed by atoms with Gasteiger partial charge in [-0.1, -0.05) is 181 Å². The number of carbonyl (C=O) groups is 5. The minimum absolute atomic E-state index is 0.318. The summed E-state index contributed by atoms with van der Waals surface area (Å²) >= 11 is 0. The molecule has 328 valence electrons. The van der Waals surface area contributed by atoms with Crippen molar-refractivity contribution in [3.63, 3.8) is 0 Å². The van der Waals surface area contributed by atoms with E-state index in [1.54, 1.807) is 0 Å². The number of hydrogen-bond acceptors (Lipinski definition) is 9. The van der Waals surface area contributed by atoms with Gasteiger partial charge < -0.3 is 24.3 Å². The van der Waals surface area contributed by atoms with E-state index in [-0.39, 0.29) is 6.61 Å². The third-order valence-corrected chi connectivity index (χ3v) is 10.4. The molecule has 0 aliphatic rings. The summed E-state index contributed by atoms with van der Waals surface area (Å²) in [7, 11) is 0. The van der Waals surface area contributed by atoms with Gasteiger partial charge in [-0.15, -0.1) is 0 Å². The Kier molecular flexibility index (Phi) is 36.1. The molecule has 0 spiro atoms. The maximum Gasteiger partial charge on any atom is 0.303 e. The molecule has 10 nitrogen and oxygen atoms in total. The Hall–Kier alpha value is -2.65. The first-order valence-electron chi connectivity index (χ1n) is 23.0. The van der Waals surface area contributed by atoms with Crippen LogP contribution < -0.4 is 5.32 Å². The lowest BCUT2D eigenvalue weighted by Gasteiger charge is -2.33. The van der Waals surface area contributed by atoms with E-state index in [0.29, 0.717) is 19.3 Å². The van der Waals surface area contributed by atoms with Crippen LogP contribution in [-0.4, -0.2) is 60.7 Å². The van der Waals surface area contributed by atoms with Crippen LogP contribution in [0.3, 0.4) is 0 Å². The molecule has 1 N–H and O–H groups in total. The van der Waals surface area contributed by atoms with Crippen molar-refractivity contribution in [2.75, 3.05) is 6.61 Å². The number of unbranched alkanes of at least 4 members (excludes halogenated alkanes) is 26. The van der Waals surface area contributed by atoms with Crippen molar-refractivity contribution >= 4 is 29.8 Å². The van der Waals surface area contributed by atoms with Crippen LogP contribution in [0, 0.1) is 0 Å². The van der Waals surface area contributed by atoms with E-state index in [1.807, 2.05) is 0 Å². The molecule has 0 aliphatic carbocycles. The van der Waals surface area contributed by atoms with Gasteiger partial charge in [-0.2, -0.15) is 0 Å². The van der Waals surface area contributed by atoms with E-state index >= 15 is 0 Å². The van der Waals surface area contributed by atoms with E-state index in [4.69, 9.17) is 18.9 Å². The number of esters is 4. The molecule has 0 bridgehead atoms. The molecule has 0 saturated heterocycles. The Morgan fingerprint density at radius 1 is 0.411 bits per heavy atom. The van der Waals surface area contributed by atoms with Gasteiger partial charge in [0.1, 0.15) is 18.8 Å². The van der Waals surface area contributed by atoms with Gasteiger partial charge in [0.25, 0.3) is 5.91 Å². The smallest absolute Gasteiger partial charge is 0.303 e. The van der Waals surface area contributed by atoms with Crippen LogP contribution in [0.4, 0.5) is 0 Å². The van der Waals surface area contributed by atoms with Crippen molar-refractivity contribution < 1.29 is 42.9 Å². The molecular formula is C46H85NO9. The SMILES string of the molecule is CCCCCCCCCCCCCCCCC[C@@H](OC(C)=O)C(=O)N[C@@H](COC(C)=O)[C@H](OC(C)=O)[C@@H](CCCCCCCCCCCCCCC)OC(C)=O. The maximum absolute atomic E-state index is 13.7. The minimum atomic E-state index is -1.12. The molecule has 1 amide bonds. The Bertz CT molecular complexity index is 1000. The van der Waals surface area contributed by atoms with Gasteiger partial charge in [0.15, 0.2) is 12.2 Å². The summed E-state index contributed by atoms with van der Waals surface area (Å²) in [6.45, 7) is 9.21. The average molecular weight is 796 g/mol. The Balaban J connectivity index is 5.12. The third-order valence-electron chi connectivity index (χ3n) is 10.4. The fraction of sp³-hybridized carbons (Fsp3) is 0.891. The van der Waals surface area contributed by atoms with Gasteiger partial charge >= 0.3 is 23.9 Å². The average Bonchev–Trinajstić information content (AvgIpc) is 3.14. The summed E-state index contributed by atoms with van der Waals surface area (Å²) in [4.78, 5) is 62.2. The monoisotopic (exact) mass is 796 g/mol. The standard InChI is InChI=1S/C46H85NO9/c1-7-9-11-13-15-17-19-21-22-24-26-28-30-32-34-36-44(55-40(5)50)46(52)47-42(37-53-38(3)48)45(56-41(6)51)43(54-39(4)49)35-33-31-29-27-25-23-20-18-16-14-12-10-8-2/h42-45H,7-37H2,1-6H3,(H,47,52)/t42-,43+,44+,45-/m0/s1. The molecule has 0 aromatic rings. The molecule has 0 unspecified atom stereocenters. The Labute approximate surface area is 342 Å². The fourth-order valence-electron chi connectivity index (χ4n) is 7.32. The number of rotatable bonds is 39. The number of amides is 1. The van der Waals surface area contributed by atoms with Crippen LogP contribution in [0.25, 0.3) is 0 Å². The molecule has 0 rings (SSSR count). The second-order valence-corrected chi connectivity index (χ2v) is 16.0. The maximum atomic E-state index is 13.7. The normalized spacial score (nSPS) is 13.3. The topological polar surface area (TPSA) is 134 Å². The quantitative estimate of drug-likeness (QED) is 0.0366. The molecule has 0 aromatic heterocycles. The van der Waals surface area contributed by atoms with Crippen molar-refractivity contribution in [1.29, 1.82) is 0 Å². The first-order valence-corrected chi connectivity index (χ1v) is 23.0. The molecule has 0 radical (unpaired) electrons. The van der Waals surface area contributed by atoms with Gasteiger partial charge in [-0.25, -0.2) is 0 Å². The summed E-state index contributed by atoms with van der Waals surface area (Å²) in [6.07, 6.45) is 31.3. The number of carbonyl (C=O) groups excluding carboxylic acids is 5. The van der Waals surface area contributed by atoms with Crippen LogP contribution >= 0.6 is 0 Å². The second kappa shape index (κ2) is 37.9. The van der Waals surface area contributed by atoms with Crippen LogP contribution in [0.15, 0.2) is 0 Å². The zero-order valence-electron chi connectivity index (χ0n) is 36.9. The first-order chi connectivity index (χ1) is 27.0. The molecule has 0 saturated carbocycles. The summed E-state index contributed by atoms with van der Waals surface area (Å²) < 4.78 is 22.1. The lowest BCUT2D eigenvalue weighted by Crippen LogP contribution is -2.56. The minimum Gasteiger partial charge on any atom is -0.464 e. The highest BCUT2D eigenvalue weighted by Gasteiger charge is 2.38. The Morgan fingerprint density at radius 2 is 0.750 bits per heavy atom. The molecular weight excluding hydrogens is 711 g/mol. The van der Waals surface area contributed by atoms with Gasteiger partial charge in [-0.3, -0.25) is 24.0 Å². The molecule has 0 aliphatic heterocycles. The zero-order chi connectivity index (χ0) is 41.7. The molecule has 0 fully saturated rings. The van der Waals surface area contributed by atoms with Gasteiger partial charge in [0, 0.05) is 27.7 Å². The fourth-order valence-corrected chi connectivity index (χ4v) is 7.32. The van der Waals surface area contributed by atoms with Crippen LogP contribution in [0.2, 0.25) is 0 Å². The van der Waals surface area contributed by atoms with Gasteiger partial charge in [0.2, 0.25) is 0 Å². The molecule has 0 aromatic carbocycles. The highest BCUT2D eigenvalue weighted by Crippen LogP contribution is 2.21. The predicted molar refractivity (Wildman–Crippen MR) is 225 cm³/mol. The highest BCUT2D eigenvalue weighted by atomic mass is 16.6. The summed E-state index contributed by atoms with van der Waals surface area (Å²) in [5, 5.41) is 2.83.